The van der Waals surface area contributed by atoms with Crippen molar-refractivity contribution in [1.29, 1.82) is 0 Å². The molecule has 1 rings (SSSR count). The third-order valence-electron chi connectivity index (χ3n) is 3.29. The summed E-state index contributed by atoms with van der Waals surface area (Å²) in [6.45, 7) is 3.31. The predicted molar refractivity (Wildman–Crippen MR) is 99.9 cm³/mol. The maximum Gasteiger partial charge on any atom is 0.407 e. The highest BCUT2D eigenvalue weighted by Gasteiger charge is 2.02. The first kappa shape index (κ1) is 23.8. The fourth-order valence-corrected chi connectivity index (χ4v) is 1.87. The molecule has 0 aliphatic carbocycles. The molecule has 0 saturated heterocycles. The summed E-state index contributed by atoms with van der Waals surface area (Å²) in [7, 11) is 1.31. The van der Waals surface area contributed by atoms with E-state index in [2.05, 4.69) is 10.1 Å². The molecule has 0 atom stereocenters. The Morgan fingerprint density at radius 1 is 0.821 bits per heavy atom. The van der Waals surface area contributed by atoms with Crippen LogP contribution in [0.1, 0.15) is 5.56 Å². The molecule has 0 aromatic heterocycles. The number of ether oxygens (including phenoxy) is 6. The fourth-order valence-electron chi connectivity index (χ4n) is 1.87. The minimum absolute atomic E-state index is 0.0761. The molecule has 1 aromatic carbocycles. The summed E-state index contributed by atoms with van der Waals surface area (Å²) >= 11 is 0. The Hall–Kier alpha value is -2.20. The van der Waals surface area contributed by atoms with Crippen LogP contribution in [0.2, 0.25) is 0 Å². The van der Waals surface area contributed by atoms with Gasteiger partial charge in [-0.2, -0.15) is 0 Å². The maximum absolute atomic E-state index is 11.5. The van der Waals surface area contributed by atoms with Gasteiger partial charge in [-0.3, -0.25) is 0 Å². The molecule has 0 bridgehead atoms. The van der Waals surface area contributed by atoms with Gasteiger partial charge in [-0.1, -0.05) is 30.3 Å². The minimum Gasteiger partial charge on any atom is -0.467 e. The van der Waals surface area contributed by atoms with E-state index in [1.165, 1.54) is 7.11 Å². The molecule has 9 nitrogen and oxygen atoms in total. The topological polar surface area (TPSA) is 102 Å². The van der Waals surface area contributed by atoms with E-state index in [0.29, 0.717) is 52.8 Å². The van der Waals surface area contributed by atoms with Crippen molar-refractivity contribution in [3.8, 4) is 0 Å². The number of esters is 1. The van der Waals surface area contributed by atoms with Crippen molar-refractivity contribution < 1.29 is 38.0 Å². The van der Waals surface area contributed by atoms with Crippen molar-refractivity contribution in [1.82, 2.24) is 5.32 Å². The van der Waals surface area contributed by atoms with E-state index in [4.69, 9.17) is 23.7 Å². The van der Waals surface area contributed by atoms with Gasteiger partial charge in [0, 0.05) is 6.54 Å². The van der Waals surface area contributed by atoms with Crippen molar-refractivity contribution in [2.45, 2.75) is 6.61 Å². The van der Waals surface area contributed by atoms with Gasteiger partial charge in [-0.25, -0.2) is 9.59 Å². The number of methoxy groups -OCH3 is 1. The molecule has 1 aromatic rings. The normalized spacial score (nSPS) is 10.5. The molecule has 1 amide bonds. The summed E-state index contributed by atoms with van der Waals surface area (Å²) in [6, 6.07) is 9.46. The van der Waals surface area contributed by atoms with Crippen molar-refractivity contribution in [3.05, 3.63) is 35.9 Å². The number of rotatable bonds is 16. The van der Waals surface area contributed by atoms with Gasteiger partial charge < -0.3 is 33.7 Å². The van der Waals surface area contributed by atoms with Gasteiger partial charge in [0.05, 0.1) is 53.4 Å². The van der Waals surface area contributed by atoms with Crippen molar-refractivity contribution in [2.24, 2.45) is 0 Å². The van der Waals surface area contributed by atoms with Crippen LogP contribution < -0.4 is 5.32 Å². The van der Waals surface area contributed by atoms with E-state index in [0.717, 1.165) is 5.56 Å². The molecule has 158 valence electrons. The number of carbonyl (C=O) groups excluding carboxylic acids is 2. The molecule has 0 saturated carbocycles. The van der Waals surface area contributed by atoms with E-state index < -0.39 is 12.1 Å². The van der Waals surface area contributed by atoms with E-state index in [9.17, 15) is 9.59 Å². The van der Waals surface area contributed by atoms with E-state index in [1.807, 2.05) is 30.3 Å². The van der Waals surface area contributed by atoms with Gasteiger partial charge in [-0.15, -0.1) is 0 Å². The Kier molecular flexibility index (Phi) is 14.4. The molecule has 0 heterocycles. The zero-order chi connectivity index (χ0) is 20.3. The molecule has 1 N–H and O–H groups in total. The molecule has 0 radical (unpaired) electrons. The molecular formula is C19H29NO8. The van der Waals surface area contributed by atoms with Crippen LogP contribution in [0.4, 0.5) is 4.79 Å². The largest absolute Gasteiger partial charge is 0.467 e. The summed E-state index contributed by atoms with van der Waals surface area (Å²) in [5.74, 6) is -0.414. The molecule has 28 heavy (non-hydrogen) atoms. The average Bonchev–Trinajstić information content (AvgIpc) is 2.73. The van der Waals surface area contributed by atoms with E-state index in [1.54, 1.807) is 0 Å². The van der Waals surface area contributed by atoms with Crippen LogP contribution >= 0.6 is 0 Å². The molecule has 9 heteroatoms. The summed E-state index contributed by atoms with van der Waals surface area (Å²) < 4.78 is 30.5. The Labute approximate surface area is 165 Å². The lowest BCUT2D eigenvalue weighted by atomic mass is 10.2. The lowest BCUT2D eigenvalue weighted by molar-refractivity contribution is -0.146. The Balaban J connectivity index is 1.78. The first-order valence-electron chi connectivity index (χ1n) is 9.04. The Morgan fingerprint density at radius 2 is 1.39 bits per heavy atom. The van der Waals surface area contributed by atoms with Gasteiger partial charge in [0.25, 0.3) is 0 Å². The average molecular weight is 399 g/mol. The predicted octanol–water partition coefficient (Wildman–Crippen LogP) is 1.15. The van der Waals surface area contributed by atoms with E-state index >= 15 is 0 Å². The standard InChI is InChI=1S/C19H29NO8/c1-23-18(21)16-27-14-13-26-12-11-25-10-9-24-8-7-20-19(22)28-15-17-5-3-2-4-6-17/h2-6H,7-16H2,1H3,(H,20,22). The highest BCUT2D eigenvalue weighted by Crippen LogP contribution is 2.00. The molecular weight excluding hydrogens is 370 g/mol. The second-order valence-corrected chi connectivity index (χ2v) is 5.45. The third-order valence-corrected chi connectivity index (χ3v) is 3.29. The van der Waals surface area contributed by atoms with Crippen LogP contribution in [-0.4, -0.2) is 78.6 Å². The summed E-state index contributed by atoms with van der Waals surface area (Å²) in [5.41, 5.74) is 0.934. The first-order valence-corrected chi connectivity index (χ1v) is 9.04. The highest BCUT2D eigenvalue weighted by molar-refractivity contribution is 5.70. The smallest absolute Gasteiger partial charge is 0.407 e. The van der Waals surface area contributed by atoms with Crippen LogP contribution in [0, 0.1) is 0 Å². The molecule has 0 spiro atoms. The Bertz CT molecular complexity index is 526. The number of alkyl carbamates (subject to hydrolysis) is 1. The molecule has 0 aliphatic rings. The molecule has 0 aliphatic heterocycles. The summed E-state index contributed by atoms with van der Waals surface area (Å²) in [4.78, 5) is 22.3. The number of hydrogen-bond acceptors (Lipinski definition) is 8. The second-order valence-electron chi connectivity index (χ2n) is 5.45. The highest BCUT2D eigenvalue weighted by atomic mass is 16.6. The number of amides is 1. The summed E-state index contributed by atoms with van der Waals surface area (Å²) in [5, 5.41) is 2.61. The maximum atomic E-state index is 11.5. The van der Waals surface area contributed by atoms with Gasteiger partial charge in [0.15, 0.2) is 0 Å². The van der Waals surface area contributed by atoms with Crippen LogP contribution in [0.15, 0.2) is 30.3 Å². The number of hydrogen-bond donors (Lipinski definition) is 1. The first-order chi connectivity index (χ1) is 13.7. The zero-order valence-electron chi connectivity index (χ0n) is 16.2. The minimum atomic E-state index is -0.476. The lowest BCUT2D eigenvalue weighted by Gasteiger charge is -2.08. The quantitative estimate of drug-likeness (QED) is 0.326. The zero-order valence-corrected chi connectivity index (χ0v) is 16.2. The Morgan fingerprint density at radius 3 is 2.00 bits per heavy atom. The number of nitrogens with one attached hydrogen (secondary N) is 1. The number of carbonyl (C=O) groups is 2. The number of benzene rings is 1. The third kappa shape index (κ3) is 13.9. The van der Waals surface area contributed by atoms with Crippen LogP contribution in [-0.2, 0) is 39.8 Å². The second kappa shape index (κ2) is 16.9. The van der Waals surface area contributed by atoms with Gasteiger partial charge >= 0.3 is 12.1 Å². The van der Waals surface area contributed by atoms with Gasteiger partial charge in [0.1, 0.15) is 13.2 Å². The van der Waals surface area contributed by atoms with Gasteiger partial charge in [-0.05, 0) is 5.56 Å². The van der Waals surface area contributed by atoms with Crippen molar-refractivity contribution in [2.75, 3.05) is 66.5 Å². The van der Waals surface area contributed by atoms with Crippen LogP contribution in [0.25, 0.3) is 0 Å². The van der Waals surface area contributed by atoms with Crippen molar-refractivity contribution in [3.63, 3.8) is 0 Å². The van der Waals surface area contributed by atoms with Crippen LogP contribution in [0.3, 0.4) is 0 Å². The van der Waals surface area contributed by atoms with E-state index in [-0.39, 0.29) is 13.2 Å². The van der Waals surface area contributed by atoms with Crippen LogP contribution in [0.5, 0.6) is 0 Å². The fraction of sp³-hybridized carbons (Fsp3) is 0.579. The summed E-state index contributed by atoms with van der Waals surface area (Å²) in [6.07, 6.45) is -0.476. The lowest BCUT2D eigenvalue weighted by Crippen LogP contribution is -2.28. The van der Waals surface area contributed by atoms with Gasteiger partial charge in [0.2, 0.25) is 0 Å². The molecule has 0 unspecified atom stereocenters. The monoisotopic (exact) mass is 399 g/mol. The SMILES string of the molecule is COC(=O)COCCOCCOCCOCCNC(=O)OCc1ccccc1. The molecule has 0 fully saturated rings. The van der Waals surface area contributed by atoms with Crippen molar-refractivity contribution >= 4 is 12.1 Å².